The Bertz CT molecular complexity index is 401. The van der Waals surface area contributed by atoms with Crippen LogP contribution in [0.15, 0.2) is 30.3 Å². The molecule has 4 heteroatoms. The number of rotatable bonds is 7. The summed E-state index contributed by atoms with van der Waals surface area (Å²) in [6, 6.07) is 10.8. The van der Waals surface area contributed by atoms with Gasteiger partial charge in [-0.25, -0.2) is 0 Å². The van der Waals surface area contributed by atoms with Crippen LogP contribution in [0.3, 0.4) is 0 Å². The Hall–Kier alpha value is -1.39. The number of benzene rings is 1. The summed E-state index contributed by atoms with van der Waals surface area (Å²) in [6.07, 6.45) is 3.79. The van der Waals surface area contributed by atoms with Gasteiger partial charge in [0.15, 0.2) is 0 Å². The number of amides is 1. The standard InChI is InChI=1S/C16H25N3O/c1-13(7-8-14-5-3-2-4-6-14)11-16(20)17-12-15-9-10-18-19-15/h2-6,13,15,18-19H,7-12H2,1H3,(H,17,20). The molecule has 1 aliphatic rings. The van der Waals surface area contributed by atoms with Gasteiger partial charge in [0.25, 0.3) is 0 Å². The number of hydrogen-bond donors (Lipinski definition) is 3. The van der Waals surface area contributed by atoms with Gasteiger partial charge in [-0.3, -0.25) is 15.6 Å². The van der Waals surface area contributed by atoms with Gasteiger partial charge in [-0.2, -0.15) is 0 Å². The van der Waals surface area contributed by atoms with Crippen LogP contribution >= 0.6 is 0 Å². The molecule has 110 valence electrons. The first-order valence-corrected chi connectivity index (χ1v) is 7.53. The highest BCUT2D eigenvalue weighted by atomic mass is 16.1. The summed E-state index contributed by atoms with van der Waals surface area (Å²) in [5, 5.41) is 3.01. The molecule has 0 radical (unpaired) electrons. The van der Waals surface area contributed by atoms with Crippen molar-refractivity contribution in [1.82, 2.24) is 16.2 Å². The second-order valence-electron chi connectivity index (χ2n) is 5.69. The van der Waals surface area contributed by atoms with Crippen LogP contribution in [-0.2, 0) is 11.2 Å². The maximum Gasteiger partial charge on any atom is 0.220 e. The molecule has 1 aromatic rings. The van der Waals surface area contributed by atoms with Crippen molar-refractivity contribution < 1.29 is 4.79 Å². The van der Waals surface area contributed by atoms with Crippen LogP contribution in [0.5, 0.6) is 0 Å². The predicted molar refractivity (Wildman–Crippen MR) is 81.1 cm³/mol. The van der Waals surface area contributed by atoms with Gasteiger partial charge >= 0.3 is 0 Å². The highest BCUT2D eigenvalue weighted by Crippen LogP contribution is 2.12. The zero-order valence-corrected chi connectivity index (χ0v) is 12.2. The SMILES string of the molecule is CC(CCc1ccccc1)CC(=O)NCC1CCNN1. The maximum atomic E-state index is 11.9. The highest BCUT2D eigenvalue weighted by Gasteiger charge is 2.15. The van der Waals surface area contributed by atoms with E-state index in [1.807, 2.05) is 6.07 Å². The van der Waals surface area contributed by atoms with Crippen molar-refractivity contribution in [2.45, 2.75) is 38.6 Å². The molecule has 1 heterocycles. The van der Waals surface area contributed by atoms with Crippen LogP contribution < -0.4 is 16.2 Å². The van der Waals surface area contributed by atoms with E-state index in [4.69, 9.17) is 0 Å². The fourth-order valence-corrected chi connectivity index (χ4v) is 2.47. The number of hydrazine groups is 1. The highest BCUT2D eigenvalue weighted by molar-refractivity contribution is 5.76. The molecule has 3 N–H and O–H groups in total. The van der Waals surface area contributed by atoms with Gasteiger partial charge < -0.3 is 5.32 Å². The van der Waals surface area contributed by atoms with Crippen molar-refractivity contribution in [2.75, 3.05) is 13.1 Å². The van der Waals surface area contributed by atoms with Crippen LogP contribution in [0.4, 0.5) is 0 Å². The Kier molecular flexibility index (Phi) is 6.02. The fourth-order valence-electron chi connectivity index (χ4n) is 2.47. The quantitative estimate of drug-likeness (QED) is 0.709. The van der Waals surface area contributed by atoms with E-state index in [-0.39, 0.29) is 5.91 Å². The summed E-state index contributed by atoms with van der Waals surface area (Å²) in [5.74, 6) is 0.587. The van der Waals surface area contributed by atoms with Crippen molar-refractivity contribution in [3.8, 4) is 0 Å². The van der Waals surface area contributed by atoms with Gasteiger partial charge in [0, 0.05) is 25.6 Å². The van der Waals surface area contributed by atoms with Gasteiger partial charge in [-0.15, -0.1) is 0 Å². The molecule has 0 saturated carbocycles. The summed E-state index contributed by atoms with van der Waals surface area (Å²) in [7, 11) is 0. The minimum atomic E-state index is 0.166. The second-order valence-corrected chi connectivity index (χ2v) is 5.69. The number of carbonyl (C=O) groups excluding carboxylic acids is 1. The average molecular weight is 275 g/mol. The third kappa shape index (κ3) is 5.31. The Morgan fingerprint density at radius 2 is 2.20 bits per heavy atom. The Morgan fingerprint density at radius 3 is 2.90 bits per heavy atom. The number of hydrogen-bond acceptors (Lipinski definition) is 3. The topological polar surface area (TPSA) is 53.2 Å². The van der Waals surface area contributed by atoms with Crippen molar-refractivity contribution >= 4 is 5.91 Å². The molecule has 1 aliphatic heterocycles. The second kappa shape index (κ2) is 8.02. The molecule has 2 unspecified atom stereocenters. The van der Waals surface area contributed by atoms with E-state index in [0.717, 1.165) is 32.4 Å². The van der Waals surface area contributed by atoms with Crippen molar-refractivity contribution in [3.05, 3.63) is 35.9 Å². The molecule has 1 aromatic carbocycles. The molecule has 2 rings (SSSR count). The first-order valence-electron chi connectivity index (χ1n) is 7.53. The first-order chi connectivity index (χ1) is 9.74. The van der Waals surface area contributed by atoms with Crippen LogP contribution in [0.1, 0.15) is 31.7 Å². The normalized spacial score (nSPS) is 19.8. The van der Waals surface area contributed by atoms with Gasteiger partial charge in [0.1, 0.15) is 0 Å². The minimum absolute atomic E-state index is 0.166. The Morgan fingerprint density at radius 1 is 1.40 bits per heavy atom. The molecular formula is C16H25N3O. The largest absolute Gasteiger partial charge is 0.354 e. The summed E-state index contributed by atoms with van der Waals surface area (Å²) in [5.41, 5.74) is 7.57. The Balaban J connectivity index is 1.60. The number of nitrogens with one attached hydrogen (secondary N) is 3. The van der Waals surface area contributed by atoms with Crippen LogP contribution in [0.25, 0.3) is 0 Å². The van der Waals surface area contributed by atoms with E-state index >= 15 is 0 Å². The molecule has 0 spiro atoms. The number of carbonyl (C=O) groups is 1. The molecule has 20 heavy (non-hydrogen) atoms. The van der Waals surface area contributed by atoms with E-state index < -0.39 is 0 Å². The molecular weight excluding hydrogens is 250 g/mol. The number of aryl methyl sites for hydroxylation is 1. The zero-order valence-electron chi connectivity index (χ0n) is 12.2. The molecule has 1 amide bonds. The lowest BCUT2D eigenvalue weighted by Crippen LogP contribution is -2.40. The average Bonchev–Trinajstić information content (AvgIpc) is 2.97. The summed E-state index contributed by atoms with van der Waals surface area (Å²) < 4.78 is 0. The summed E-state index contributed by atoms with van der Waals surface area (Å²) in [4.78, 5) is 11.9. The van der Waals surface area contributed by atoms with Crippen LogP contribution in [0, 0.1) is 5.92 Å². The lowest BCUT2D eigenvalue weighted by atomic mass is 9.98. The van der Waals surface area contributed by atoms with E-state index in [0.29, 0.717) is 18.4 Å². The van der Waals surface area contributed by atoms with Crippen LogP contribution in [0.2, 0.25) is 0 Å². The van der Waals surface area contributed by atoms with Crippen molar-refractivity contribution in [2.24, 2.45) is 5.92 Å². The van der Waals surface area contributed by atoms with E-state index in [1.54, 1.807) is 0 Å². The molecule has 0 bridgehead atoms. The molecule has 0 aliphatic carbocycles. The van der Waals surface area contributed by atoms with Crippen molar-refractivity contribution in [3.63, 3.8) is 0 Å². The molecule has 2 atom stereocenters. The van der Waals surface area contributed by atoms with Gasteiger partial charge in [0.2, 0.25) is 5.91 Å². The summed E-state index contributed by atoms with van der Waals surface area (Å²) in [6.45, 7) is 3.85. The lowest BCUT2D eigenvalue weighted by Gasteiger charge is -2.14. The Labute approximate surface area is 121 Å². The molecule has 4 nitrogen and oxygen atoms in total. The monoisotopic (exact) mass is 275 g/mol. The summed E-state index contributed by atoms with van der Waals surface area (Å²) >= 11 is 0. The zero-order chi connectivity index (χ0) is 14.2. The van der Waals surface area contributed by atoms with E-state index in [9.17, 15) is 4.79 Å². The fraction of sp³-hybridized carbons (Fsp3) is 0.562. The van der Waals surface area contributed by atoms with E-state index in [2.05, 4.69) is 47.4 Å². The molecule has 1 fully saturated rings. The molecule has 1 saturated heterocycles. The third-order valence-electron chi connectivity index (χ3n) is 3.77. The first kappa shape index (κ1) is 15.0. The molecule has 0 aromatic heterocycles. The van der Waals surface area contributed by atoms with Gasteiger partial charge in [-0.05, 0) is 30.7 Å². The smallest absolute Gasteiger partial charge is 0.220 e. The lowest BCUT2D eigenvalue weighted by molar-refractivity contribution is -0.122. The maximum absolute atomic E-state index is 11.9. The third-order valence-corrected chi connectivity index (χ3v) is 3.77. The van der Waals surface area contributed by atoms with Crippen LogP contribution in [-0.4, -0.2) is 25.0 Å². The van der Waals surface area contributed by atoms with Gasteiger partial charge in [0.05, 0.1) is 0 Å². The van der Waals surface area contributed by atoms with Crippen molar-refractivity contribution in [1.29, 1.82) is 0 Å². The van der Waals surface area contributed by atoms with E-state index in [1.165, 1.54) is 5.56 Å². The predicted octanol–water partition coefficient (Wildman–Crippen LogP) is 1.63. The van der Waals surface area contributed by atoms with Gasteiger partial charge in [-0.1, -0.05) is 37.3 Å². The minimum Gasteiger partial charge on any atom is -0.354 e.